The molecule has 6 aromatic carbocycles. The van der Waals surface area contributed by atoms with E-state index in [4.69, 9.17) is 0 Å². The molecule has 0 radical (unpaired) electrons. The summed E-state index contributed by atoms with van der Waals surface area (Å²) in [7, 11) is 0. The lowest BCUT2D eigenvalue weighted by atomic mass is 9.49. The number of nitrogens with zero attached hydrogens (tertiary/aromatic N) is 2. The minimum Gasteiger partial charge on any atom is -0.310 e. The van der Waals surface area contributed by atoms with Gasteiger partial charge in [0.1, 0.15) is 0 Å². The van der Waals surface area contributed by atoms with E-state index in [-0.39, 0.29) is 5.41 Å². The third-order valence-electron chi connectivity index (χ3n) is 12.5. The van der Waals surface area contributed by atoms with E-state index in [1.165, 1.54) is 70.0 Å². The summed E-state index contributed by atoms with van der Waals surface area (Å²) in [6, 6.07) is 54.4. The third-order valence-corrected chi connectivity index (χ3v) is 12.5. The Morgan fingerprint density at radius 2 is 1.18 bits per heavy atom. The van der Waals surface area contributed by atoms with Crippen LogP contribution >= 0.6 is 0 Å². The molecule has 7 aromatic rings. The van der Waals surface area contributed by atoms with Gasteiger partial charge in [-0.05, 0) is 126 Å². The van der Waals surface area contributed by atoms with E-state index in [2.05, 4.69) is 169 Å². The van der Waals surface area contributed by atoms with Gasteiger partial charge >= 0.3 is 0 Å². The minimum atomic E-state index is 0.101. The molecule has 2 fully saturated rings. The van der Waals surface area contributed by atoms with E-state index in [0.717, 1.165) is 23.2 Å². The molecule has 5 atom stereocenters. The highest BCUT2D eigenvalue weighted by atomic mass is 15.1. The third kappa shape index (κ3) is 4.19. The Balaban J connectivity index is 1.16. The van der Waals surface area contributed by atoms with Gasteiger partial charge in [0.15, 0.2) is 0 Å². The maximum absolute atomic E-state index is 2.56. The lowest BCUT2D eigenvalue weighted by Crippen LogP contribution is -2.49. The summed E-state index contributed by atoms with van der Waals surface area (Å²) in [5, 5.41) is 2.57. The molecule has 240 valence electrons. The van der Waals surface area contributed by atoms with E-state index >= 15 is 0 Å². The first kappa shape index (κ1) is 28.9. The molecule has 0 N–H and O–H groups in total. The fourth-order valence-corrected chi connectivity index (χ4v) is 10.8. The van der Waals surface area contributed by atoms with Crippen LogP contribution in [0.4, 0.5) is 17.1 Å². The van der Waals surface area contributed by atoms with Crippen molar-refractivity contribution in [1.29, 1.82) is 0 Å². The maximum atomic E-state index is 2.56. The molecule has 0 amide bonds. The van der Waals surface area contributed by atoms with Crippen molar-refractivity contribution < 1.29 is 0 Å². The first-order valence-electron chi connectivity index (χ1n) is 18.3. The van der Waals surface area contributed by atoms with Crippen LogP contribution in [0.3, 0.4) is 0 Å². The Morgan fingerprint density at radius 3 is 1.98 bits per heavy atom. The number of benzene rings is 6. The zero-order chi connectivity index (χ0) is 32.7. The summed E-state index contributed by atoms with van der Waals surface area (Å²) in [5.41, 5.74) is 13.3. The van der Waals surface area contributed by atoms with Gasteiger partial charge in [0.25, 0.3) is 0 Å². The number of hydrogen-bond acceptors (Lipinski definition) is 1. The second kappa shape index (κ2) is 11.0. The molecule has 49 heavy (non-hydrogen) atoms. The van der Waals surface area contributed by atoms with E-state index < -0.39 is 0 Å². The Kier molecular flexibility index (Phi) is 6.47. The summed E-state index contributed by atoms with van der Waals surface area (Å²) in [5.74, 6) is 3.01. The lowest BCUT2D eigenvalue weighted by Gasteiger charge is -2.54. The number of para-hydroxylation sites is 3. The quantitative estimate of drug-likeness (QED) is 0.187. The second-order valence-electron chi connectivity index (χ2n) is 15.2. The van der Waals surface area contributed by atoms with Gasteiger partial charge < -0.3 is 9.47 Å². The van der Waals surface area contributed by atoms with Gasteiger partial charge in [-0.15, -0.1) is 0 Å². The molecule has 0 aliphatic heterocycles. The molecule has 3 aliphatic rings. The molecule has 2 heteroatoms. The Bertz CT molecular complexity index is 2310. The number of anilines is 3. The fourth-order valence-electron chi connectivity index (χ4n) is 10.8. The predicted octanol–water partition coefficient (Wildman–Crippen LogP) is 12.6. The Morgan fingerprint density at radius 1 is 0.531 bits per heavy atom. The van der Waals surface area contributed by atoms with Crippen LogP contribution in [0, 0.1) is 23.7 Å². The molecular weight excluding hydrogens is 593 g/mol. The molecule has 3 aliphatic carbocycles. The summed E-state index contributed by atoms with van der Waals surface area (Å²) in [6.07, 6.45) is 5.45. The van der Waals surface area contributed by atoms with Crippen molar-refractivity contribution in [3.05, 3.63) is 157 Å². The average molecular weight is 635 g/mol. The molecule has 1 aromatic heterocycles. The van der Waals surface area contributed by atoms with Crippen LogP contribution in [0.2, 0.25) is 0 Å². The van der Waals surface area contributed by atoms with Gasteiger partial charge in [-0.3, -0.25) is 0 Å². The highest BCUT2D eigenvalue weighted by molar-refractivity contribution is 6.09. The first-order valence-corrected chi connectivity index (χ1v) is 18.3. The summed E-state index contributed by atoms with van der Waals surface area (Å²) in [6.45, 7) is 5.06. The molecule has 2 bridgehead atoms. The second-order valence-corrected chi connectivity index (χ2v) is 15.2. The van der Waals surface area contributed by atoms with Crippen molar-refractivity contribution in [1.82, 2.24) is 4.57 Å². The van der Waals surface area contributed by atoms with Crippen LogP contribution < -0.4 is 4.90 Å². The molecule has 10 rings (SSSR count). The van der Waals surface area contributed by atoms with Gasteiger partial charge in [-0.25, -0.2) is 0 Å². The van der Waals surface area contributed by atoms with Crippen LogP contribution in [0.15, 0.2) is 146 Å². The van der Waals surface area contributed by atoms with Crippen molar-refractivity contribution in [2.75, 3.05) is 4.90 Å². The van der Waals surface area contributed by atoms with Crippen molar-refractivity contribution in [2.45, 2.75) is 44.9 Å². The normalized spacial score (nSPS) is 23.9. The molecular formula is C47H42N2. The summed E-state index contributed by atoms with van der Waals surface area (Å²) >= 11 is 0. The Labute approximate surface area is 289 Å². The Hall–Kier alpha value is -5.08. The average Bonchev–Trinajstić information content (AvgIpc) is 3.62. The van der Waals surface area contributed by atoms with E-state index in [9.17, 15) is 0 Å². The largest absolute Gasteiger partial charge is 0.310 e. The summed E-state index contributed by atoms with van der Waals surface area (Å²) in [4.78, 5) is 2.45. The van der Waals surface area contributed by atoms with Crippen molar-refractivity contribution in [2.24, 2.45) is 23.7 Å². The van der Waals surface area contributed by atoms with Crippen LogP contribution in [0.5, 0.6) is 0 Å². The molecule has 1 spiro atoms. The van der Waals surface area contributed by atoms with Gasteiger partial charge in [0.2, 0.25) is 0 Å². The predicted molar refractivity (Wildman–Crippen MR) is 205 cm³/mol. The minimum absolute atomic E-state index is 0.101. The van der Waals surface area contributed by atoms with Crippen LogP contribution in [-0.4, -0.2) is 4.57 Å². The molecule has 0 saturated heterocycles. The number of aromatic nitrogens is 1. The maximum Gasteiger partial charge on any atom is 0.0541 e. The van der Waals surface area contributed by atoms with Crippen LogP contribution in [-0.2, 0) is 5.41 Å². The zero-order valence-electron chi connectivity index (χ0n) is 28.4. The van der Waals surface area contributed by atoms with Crippen LogP contribution in [0.1, 0.15) is 50.7 Å². The van der Waals surface area contributed by atoms with Gasteiger partial charge in [-0.1, -0.05) is 105 Å². The topological polar surface area (TPSA) is 8.17 Å². The molecule has 2 saturated carbocycles. The number of fused-ring (bicyclic) bond motifs is 11. The highest BCUT2D eigenvalue weighted by Crippen LogP contribution is 2.64. The smallest absolute Gasteiger partial charge is 0.0541 e. The monoisotopic (exact) mass is 634 g/mol. The number of hydrogen-bond donors (Lipinski definition) is 0. The van der Waals surface area contributed by atoms with E-state index in [0.29, 0.717) is 11.8 Å². The van der Waals surface area contributed by atoms with E-state index in [1.807, 2.05) is 0 Å². The van der Waals surface area contributed by atoms with E-state index in [1.54, 1.807) is 11.1 Å². The van der Waals surface area contributed by atoms with Gasteiger partial charge in [0.05, 0.1) is 11.0 Å². The lowest BCUT2D eigenvalue weighted by molar-refractivity contribution is 0.0426. The standard InChI is InChI=1S/C47H42N2/c1-31-25-33-27-32(2)47(34(26-31)28-33)43-20-9-6-17-39(43)42-30-38(23-24-44(42)47)48(35-13-4-3-5-14-35)36-15-12-16-37(29-36)49-45-21-10-7-18-40(45)41-19-8-11-22-46(41)49/h3-24,29-34H,25-28H2,1-2H3. The van der Waals surface area contributed by atoms with Gasteiger partial charge in [-0.2, -0.15) is 0 Å². The first-order chi connectivity index (χ1) is 24.1. The highest BCUT2D eigenvalue weighted by Gasteiger charge is 2.56. The zero-order valence-corrected chi connectivity index (χ0v) is 28.4. The van der Waals surface area contributed by atoms with Crippen molar-refractivity contribution in [3.8, 4) is 16.8 Å². The molecule has 5 unspecified atom stereocenters. The summed E-state index contributed by atoms with van der Waals surface area (Å²) < 4.78 is 2.42. The number of rotatable bonds is 4. The van der Waals surface area contributed by atoms with Crippen LogP contribution in [0.25, 0.3) is 38.6 Å². The van der Waals surface area contributed by atoms with Gasteiger partial charge in [0, 0.05) is 38.9 Å². The molecule has 1 heterocycles. The SMILES string of the molecule is CC1CC2CC(C)C3(c4ccccc4-c4cc(N(c5ccccc5)c5cccc(-n6c7ccccc7c7ccccc76)c5)ccc43)C(C1)C2. The molecule has 2 nitrogen and oxygen atoms in total. The van der Waals surface area contributed by atoms with Crippen molar-refractivity contribution in [3.63, 3.8) is 0 Å². The van der Waals surface area contributed by atoms with Crippen molar-refractivity contribution >= 4 is 38.9 Å². The fraction of sp³-hybridized carbons (Fsp3) is 0.234.